The summed E-state index contributed by atoms with van der Waals surface area (Å²) in [5, 5.41) is 5.28. The molecule has 0 fully saturated rings. The summed E-state index contributed by atoms with van der Waals surface area (Å²) in [4.78, 5) is 10.9. The summed E-state index contributed by atoms with van der Waals surface area (Å²) in [7, 11) is 0. The molecule has 0 radical (unpaired) electrons. The van der Waals surface area contributed by atoms with Gasteiger partial charge in [-0.1, -0.05) is 16.8 Å². The van der Waals surface area contributed by atoms with Crippen LogP contribution >= 0.6 is 22.9 Å². The number of fused-ring (bicyclic) bond motifs is 1. The van der Waals surface area contributed by atoms with Crippen molar-refractivity contribution in [2.45, 2.75) is 20.8 Å². The van der Waals surface area contributed by atoms with E-state index in [0.29, 0.717) is 16.7 Å². The first kappa shape index (κ1) is 11.6. The first-order valence-corrected chi connectivity index (χ1v) is 6.62. The third-order valence-electron chi connectivity index (χ3n) is 2.73. The molecule has 6 heteroatoms. The minimum absolute atomic E-state index is 0.472. The van der Waals surface area contributed by atoms with Gasteiger partial charge in [0.25, 0.3) is 0 Å². The zero-order valence-electron chi connectivity index (χ0n) is 10.1. The van der Waals surface area contributed by atoms with E-state index in [0.717, 1.165) is 26.4 Å². The molecular formula is C12H10ClN3OS. The largest absolute Gasteiger partial charge is 0.361 e. The molecule has 0 aliphatic heterocycles. The van der Waals surface area contributed by atoms with E-state index < -0.39 is 0 Å². The van der Waals surface area contributed by atoms with Crippen LogP contribution in [0, 0.1) is 20.8 Å². The molecule has 0 saturated carbocycles. The molecule has 3 aromatic rings. The predicted molar refractivity (Wildman–Crippen MR) is 72.1 cm³/mol. The van der Waals surface area contributed by atoms with E-state index in [1.165, 1.54) is 0 Å². The molecule has 0 bridgehead atoms. The Kier molecular flexibility index (Phi) is 2.60. The van der Waals surface area contributed by atoms with Crippen LogP contribution in [0.5, 0.6) is 0 Å². The Balaban J connectivity index is 2.30. The molecule has 0 atom stereocenters. The van der Waals surface area contributed by atoms with E-state index in [1.807, 2.05) is 26.8 Å². The summed E-state index contributed by atoms with van der Waals surface area (Å²) in [5.74, 6) is 1.28. The average molecular weight is 280 g/mol. The van der Waals surface area contributed by atoms with Gasteiger partial charge in [0.1, 0.15) is 15.7 Å². The Morgan fingerprint density at radius 2 is 2.00 bits per heavy atom. The van der Waals surface area contributed by atoms with E-state index in [4.69, 9.17) is 16.1 Å². The average Bonchev–Trinajstić information content (AvgIpc) is 2.82. The Bertz CT molecular complexity index is 728. The van der Waals surface area contributed by atoms with Gasteiger partial charge in [-0.25, -0.2) is 9.97 Å². The second-order valence-electron chi connectivity index (χ2n) is 4.11. The van der Waals surface area contributed by atoms with Crippen molar-refractivity contribution in [3.63, 3.8) is 0 Å². The van der Waals surface area contributed by atoms with Crippen LogP contribution in [0.2, 0.25) is 5.15 Å². The monoisotopic (exact) mass is 279 g/mol. The Morgan fingerprint density at radius 3 is 2.67 bits per heavy atom. The molecule has 0 aliphatic rings. The number of hydrogen-bond acceptors (Lipinski definition) is 5. The van der Waals surface area contributed by atoms with Crippen LogP contribution in [0.1, 0.15) is 16.3 Å². The number of aromatic nitrogens is 3. The summed E-state index contributed by atoms with van der Waals surface area (Å²) in [5.41, 5.74) is 1.60. The van der Waals surface area contributed by atoms with E-state index >= 15 is 0 Å². The Labute approximate surface area is 113 Å². The van der Waals surface area contributed by atoms with E-state index in [1.54, 1.807) is 11.3 Å². The molecule has 0 amide bonds. The van der Waals surface area contributed by atoms with Gasteiger partial charge in [-0.2, -0.15) is 0 Å². The fourth-order valence-corrected chi connectivity index (χ4v) is 3.08. The number of rotatable bonds is 1. The van der Waals surface area contributed by atoms with Crippen molar-refractivity contribution < 1.29 is 4.52 Å². The van der Waals surface area contributed by atoms with Crippen LogP contribution in [0.3, 0.4) is 0 Å². The number of aryl methyl sites for hydroxylation is 3. The lowest BCUT2D eigenvalue weighted by molar-refractivity contribution is 0.393. The summed E-state index contributed by atoms with van der Waals surface area (Å²) in [6.45, 7) is 5.74. The van der Waals surface area contributed by atoms with Crippen LogP contribution < -0.4 is 0 Å². The summed E-state index contributed by atoms with van der Waals surface area (Å²) < 4.78 is 5.14. The highest BCUT2D eigenvalue weighted by Crippen LogP contribution is 2.32. The predicted octanol–water partition coefficient (Wildman–Crippen LogP) is 3.92. The quantitative estimate of drug-likeness (QED) is 0.634. The number of hydrogen-bond donors (Lipinski definition) is 0. The highest BCUT2D eigenvalue weighted by atomic mass is 35.5. The van der Waals surface area contributed by atoms with Crippen LogP contribution in [-0.2, 0) is 0 Å². The van der Waals surface area contributed by atoms with E-state index in [9.17, 15) is 0 Å². The van der Waals surface area contributed by atoms with Crippen molar-refractivity contribution in [1.29, 1.82) is 0 Å². The van der Waals surface area contributed by atoms with Crippen molar-refractivity contribution in [3.8, 4) is 11.4 Å². The lowest BCUT2D eigenvalue weighted by Gasteiger charge is -2.00. The second kappa shape index (κ2) is 4.03. The van der Waals surface area contributed by atoms with Crippen LogP contribution in [0.25, 0.3) is 21.6 Å². The van der Waals surface area contributed by atoms with Gasteiger partial charge in [0.2, 0.25) is 0 Å². The van der Waals surface area contributed by atoms with Gasteiger partial charge in [0, 0.05) is 10.3 Å². The molecule has 3 heterocycles. The number of thiophene rings is 1. The van der Waals surface area contributed by atoms with Gasteiger partial charge in [-0.15, -0.1) is 11.3 Å². The smallest absolute Gasteiger partial charge is 0.167 e. The van der Waals surface area contributed by atoms with Crippen molar-refractivity contribution >= 4 is 33.2 Å². The summed E-state index contributed by atoms with van der Waals surface area (Å²) in [6.07, 6.45) is 0. The summed E-state index contributed by atoms with van der Waals surface area (Å²) >= 11 is 7.80. The van der Waals surface area contributed by atoms with Crippen LogP contribution in [-0.4, -0.2) is 15.1 Å². The molecule has 0 aliphatic carbocycles. The van der Waals surface area contributed by atoms with Crippen LogP contribution in [0.4, 0.5) is 0 Å². The highest BCUT2D eigenvalue weighted by Gasteiger charge is 2.17. The minimum Gasteiger partial charge on any atom is -0.361 e. The lowest BCUT2D eigenvalue weighted by Crippen LogP contribution is -1.91. The first-order valence-electron chi connectivity index (χ1n) is 5.43. The van der Waals surface area contributed by atoms with Crippen molar-refractivity contribution in [2.75, 3.05) is 0 Å². The minimum atomic E-state index is 0.472. The normalized spacial score (nSPS) is 11.3. The molecule has 3 aromatic heterocycles. The first-order chi connectivity index (χ1) is 8.56. The zero-order valence-corrected chi connectivity index (χ0v) is 11.7. The molecule has 0 saturated heterocycles. The molecule has 0 aromatic carbocycles. The number of nitrogens with zero attached hydrogens (tertiary/aromatic N) is 3. The van der Waals surface area contributed by atoms with Gasteiger partial charge in [-0.05, 0) is 26.8 Å². The molecular weight excluding hydrogens is 270 g/mol. The SMILES string of the molecule is Cc1cc2c(Cl)nc(-c3c(C)noc3C)nc2s1. The topological polar surface area (TPSA) is 51.8 Å². The van der Waals surface area contributed by atoms with Crippen molar-refractivity contribution in [3.05, 3.63) is 27.6 Å². The Morgan fingerprint density at radius 1 is 1.22 bits per heavy atom. The maximum Gasteiger partial charge on any atom is 0.167 e. The third kappa shape index (κ3) is 1.71. The number of halogens is 1. The Hall–Kier alpha value is -1.46. The molecule has 0 spiro atoms. The van der Waals surface area contributed by atoms with E-state index in [2.05, 4.69) is 15.1 Å². The molecule has 0 N–H and O–H groups in total. The van der Waals surface area contributed by atoms with Crippen LogP contribution in [0.15, 0.2) is 10.6 Å². The fourth-order valence-electron chi connectivity index (χ4n) is 1.92. The molecule has 4 nitrogen and oxygen atoms in total. The maximum atomic E-state index is 6.20. The molecule has 92 valence electrons. The second-order valence-corrected chi connectivity index (χ2v) is 5.71. The zero-order chi connectivity index (χ0) is 12.9. The van der Waals surface area contributed by atoms with E-state index in [-0.39, 0.29) is 0 Å². The van der Waals surface area contributed by atoms with Gasteiger partial charge in [0.05, 0.1) is 11.3 Å². The van der Waals surface area contributed by atoms with Crippen molar-refractivity contribution in [2.24, 2.45) is 0 Å². The molecule has 18 heavy (non-hydrogen) atoms. The van der Waals surface area contributed by atoms with Crippen molar-refractivity contribution in [1.82, 2.24) is 15.1 Å². The van der Waals surface area contributed by atoms with Gasteiger partial charge in [0.15, 0.2) is 5.82 Å². The lowest BCUT2D eigenvalue weighted by atomic mass is 10.2. The van der Waals surface area contributed by atoms with Gasteiger partial charge >= 0.3 is 0 Å². The standard InChI is InChI=1S/C12H10ClN3OS/c1-5-4-8-10(13)14-11(15-12(8)18-5)9-6(2)16-17-7(9)3/h4H,1-3H3. The summed E-state index contributed by atoms with van der Waals surface area (Å²) in [6, 6.07) is 2.00. The third-order valence-corrected chi connectivity index (χ3v) is 3.96. The molecule has 3 rings (SSSR count). The fraction of sp³-hybridized carbons (Fsp3) is 0.250. The van der Waals surface area contributed by atoms with Gasteiger partial charge in [-0.3, -0.25) is 0 Å². The molecule has 0 unspecified atom stereocenters. The highest BCUT2D eigenvalue weighted by molar-refractivity contribution is 7.18. The van der Waals surface area contributed by atoms with Gasteiger partial charge < -0.3 is 4.52 Å². The maximum absolute atomic E-state index is 6.20.